The van der Waals surface area contributed by atoms with Gasteiger partial charge >= 0.3 is 0 Å². The molecule has 1 N–H and O–H groups in total. The second-order valence-electron chi connectivity index (χ2n) is 4.12. The first-order valence-corrected chi connectivity index (χ1v) is 5.56. The Morgan fingerprint density at radius 3 is 2.87 bits per heavy atom. The molecule has 0 amide bonds. The quantitative estimate of drug-likeness (QED) is 0.793. The molecule has 0 radical (unpaired) electrons. The van der Waals surface area contributed by atoms with Gasteiger partial charge in [0.25, 0.3) is 0 Å². The Labute approximate surface area is 94.6 Å². The van der Waals surface area contributed by atoms with Gasteiger partial charge in [0, 0.05) is 29.9 Å². The molecule has 2 rings (SSSR count). The SMILES string of the molecule is CC1CC(=O)CC(c2cccc(Cl)c2)N1. The van der Waals surface area contributed by atoms with Crippen LogP contribution in [-0.2, 0) is 4.79 Å². The van der Waals surface area contributed by atoms with E-state index in [9.17, 15) is 4.79 Å². The van der Waals surface area contributed by atoms with E-state index >= 15 is 0 Å². The van der Waals surface area contributed by atoms with Crippen LogP contribution in [0.2, 0.25) is 5.02 Å². The Balaban J connectivity index is 2.19. The zero-order valence-corrected chi connectivity index (χ0v) is 9.42. The highest BCUT2D eigenvalue weighted by Gasteiger charge is 2.24. The monoisotopic (exact) mass is 223 g/mol. The van der Waals surface area contributed by atoms with E-state index < -0.39 is 0 Å². The van der Waals surface area contributed by atoms with Crippen LogP contribution in [0.1, 0.15) is 31.4 Å². The lowest BCUT2D eigenvalue weighted by atomic mass is 9.93. The van der Waals surface area contributed by atoms with Crippen LogP contribution < -0.4 is 5.32 Å². The van der Waals surface area contributed by atoms with Crippen LogP contribution in [-0.4, -0.2) is 11.8 Å². The fraction of sp³-hybridized carbons (Fsp3) is 0.417. The molecule has 0 saturated carbocycles. The maximum Gasteiger partial charge on any atom is 0.136 e. The third-order valence-electron chi connectivity index (χ3n) is 2.70. The van der Waals surface area contributed by atoms with Gasteiger partial charge in [-0.3, -0.25) is 4.79 Å². The van der Waals surface area contributed by atoms with Crippen LogP contribution in [0.5, 0.6) is 0 Å². The van der Waals surface area contributed by atoms with E-state index in [0.717, 1.165) is 10.6 Å². The summed E-state index contributed by atoms with van der Waals surface area (Å²) in [6.07, 6.45) is 1.21. The number of carbonyl (C=O) groups excluding carboxylic acids is 1. The van der Waals surface area contributed by atoms with Gasteiger partial charge in [-0.05, 0) is 24.6 Å². The van der Waals surface area contributed by atoms with E-state index in [4.69, 9.17) is 11.6 Å². The van der Waals surface area contributed by atoms with Gasteiger partial charge in [-0.15, -0.1) is 0 Å². The molecule has 1 heterocycles. The number of nitrogens with one attached hydrogen (secondary N) is 1. The molecule has 3 heteroatoms. The molecule has 1 fully saturated rings. The van der Waals surface area contributed by atoms with Crippen LogP contribution in [0.3, 0.4) is 0 Å². The van der Waals surface area contributed by atoms with E-state index in [1.807, 2.05) is 31.2 Å². The Hall–Kier alpha value is -0.860. The predicted molar refractivity (Wildman–Crippen MR) is 61.0 cm³/mol. The molecule has 1 aliphatic heterocycles. The maximum absolute atomic E-state index is 11.5. The lowest BCUT2D eigenvalue weighted by Gasteiger charge is -2.28. The molecular weight excluding hydrogens is 210 g/mol. The van der Waals surface area contributed by atoms with Crippen molar-refractivity contribution >= 4 is 17.4 Å². The van der Waals surface area contributed by atoms with Gasteiger partial charge in [0.05, 0.1) is 0 Å². The zero-order valence-electron chi connectivity index (χ0n) is 8.66. The van der Waals surface area contributed by atoms with Gasteiger partial charge in [0.2, 0.25) is 0 Å². The molecule has 0 aliphatic carbocycles. The van der Waals surface area contributed by atoms with E-state index in [1.165, 1.54) is 0 Å². The normalized spacial score (nSPS) is 26.7. The number of halogens is 1. The smallest absolute Gasteiger partial charge is 0.136 e. The van der Waals surface area contributed by atoms with Crippen molar-refractivity contribution in [1.29, 1.82) is 0 Å². The van der Waals surface area contributed by atoms with Gasteiger partial charge in [0.15, 0.2) is 0 Å². The molecule has 2 atom stereocenters. The number of piperidine rings is 1. The first-order chi connectivity index (χ1) is 7.15. The molecule has 0 spiro atoms. The third-order valence-corrected chi connectivity index (χ3v) is 2.94. The molecule has 0 aromatic heterocycles. The number of Topliss-reactive ketones (excluding diaryl/α,β-unsaturated/α-hetero) is 1. The molecule has 2 nitrogen and oxygen atoms in total. The number of ketones is 1. The first-order valence-electron chi connectivity index (χ1n) is 5.18. The molecule has 1 saturated heterocycles. The predicted octanol–water partition coefficient (Wildman–Crippen LogP) is 2.72. The van der Waals surface area contributed by atoms with Crippen LogP contribution >= 0.6 is 11.6 Å². The summed E-state index contributed by atoms with van der Waals surface area (Å²) in [5, 5.41) is 4.13. The highest BCUT2D eigenvalue weighted by atomic mass is 35.5. The van der Waals surface area contributed by atoms with Crippen molar-refractivity contribution in [3.63, 3.8) is 0 Å². The Morgan fingerprint density at radius 1 is 1.40 bits per heavy atom. The van der Waals surface area contributed by atoms with Crippen LogP contribution in [0.4, 0.5) is 0 Å². The van der Waals surface area contributed by atoms with E-state index in [1.54, 1.807) is 0 Å². The molecule has 2 unspecified atom stereocenters. The Morgan fingerprint density at radius 2 is 2.20 bits per heavy atom. The van der Waals surface area contributed by atoms with Crippen LogP contribution in [0.15, 0.2) is 24.3 Å². The van der Waals surface area contributed by atoms with Crippen molar-refractivity contribution in [3.05, 3.63) is 34.9 Å². The molecule has 80 valence electrons. The number of carbonyl (C=O) groups is 1. The maximum atomic E-state index is 11.5. The van der Waals surface area contributed by atoms with Gasteiger partial charge in [-0.2, -0.15) is 0 Å². The van der Waals surface area contributed by atoms with Crippen molar-refractivity contribution in [2.75, 3.05) is 0 Å². The molecule has 1 aromatic rings. The second-order valence-corrected chi connectivity index (χ2v) is 4.56. The summed E-state index contributed by atoms with van der Waals surface area (Å²) in [4.78, 5) is 11.5. The first kappa shape index (κ1) is 10.7. The summed E-state index contributed by atoms with van der Waals surface area (Å²) in [6, 6.07) is 8.08. The minimum atomic E-state index is 0.125. The van der Waals surface area contributed by atoms with E-state index in [2.05, 4.69) is 5.32 Å². The van der Waals surface area contributed by atoms with Crippen molar-refractivity contribution in [1.82, 2.24) is 5.32 Å². The molecule has 0 bridgehead atoms. The largest absolute Gasteiger partial charge is 0.307 e. The molecule has 15 heavy (non-hydrogen) atoms. The van der Waals surface area contributed by atoms with Crippen molar-refractivity contribution in [2.24, 2.45) is 0 Å². The fourth-order valence-electron chi connectivity index (χ4n) is 2.05. The molecule has 1 aromatic carbocycles. The Kier molecular flexibility index (Phi) is 3.08. The average Bonchev–Trinajstić information content (AvgIpc) is 2.16. The average molecular weight is 224 g/mol. The summed E-state index contributed by atoms with van der Waals surface area (Å²) in [6.45, 7) is 2.04. The molecular formula is C12H14ClNO. The van der Waals surface area contributed by atoms with Gasteiger partial charge in [-0.25, -0.2) is 0 Å². The summed E-state index contributed by atoms with van der Waals surface area (Å²) < 4.78 is 0. The highest BCUT2D eigenvalue weighted by Crippen LogP contribution is 2.25. The number of hydrogen-bond acceptors (Lipinski definition) is 2. The van der Waals surface area contributed by atoms with Crippen LogP contribution in [0, 0.1) is 0 Å². The summed E-state index contributed by atoms with van der Waals surface area (Å²) in [5.41, 5.74) is 1.10. The second kappa shape index (κ2) is 4.33. The van der Waals surface area contributed by atoms with Crippen LogP contribution in [0.25, 0.3) is 0 Å². The van der Waals surface area contributed by atoms with Crippen molar-refractivity contribution < 1.29 is 4.79 Å². The minimum Gasteiger partial charge on any atom is -0.307 e. The lowest BCUT2D eigenvalue weighted by Crippen LogP contribution is -2.38. The lowest BCUT2D eigenvalue weighted by molar-refractivity contribution is -0.121. The van der Waals surface area contributed by atoms with E-state index in [-0.39, 0.29) is 12.1 Å². The summed E-state index contributed by atoms with van der Waals surface area (Å²) in [7, 11) is 0. The number of benzene rings is 1. The van der Waals surface area contributed by atoms with Gasteiger partial charge in [-0.1, -0.05) is 23.7 Å². The van der Waals surface area contributed by atoms with Crippen molar-refractivity contribution in [2.45, 2.75) is 31.8 Å². The molecule has 1 aliphatic rings. The minimum absolute atomic E-state index is 0.125. The number of hydrogen-bond donors (Lipinski definition) is 1. The fourth-order valence-corrected chi connectivity index (χ4v) is 2.25. The van der Waals surface area contributed by atoms with E-state index in [0.29, 0.717) is 18.6 Å². The third kappa shape index (κ3) is 2.58. The zero-order chi connectivity index (χ0) is 10.8. The summed E-state index contributed by atoms with van der Waals surface area (Å²) in [5.74, 6) is 0.325. The van der Waals surface area contributed by atoms with Crippen molar-refractivity contribution in [3.8, 4) is 0 Å². The highest BCUT2D eigenvalue weighted by molar-refractivity contribution is 6.30. The Bertz CT molecular complexity index is 378. The standard InChI is InChI=1S/C12H14ClNO/c1-8-5-11(15)7-12(14-8)9-3-2-4-10(13)6-9/h2-4,6,8,12,14H,5,7H2,1H3. The van der Waals surface area contributed by atoms with Gasteiger partial charge in [0.1, 0.15) is 5.78 Å². The van der Waals surface area contributed by atoms with Gasteiger partial charge < -0.3 is 5.32 Å². The topological polar surface area (TPSA) is 29.1 Å². The summed E-state index contributed by atoms with van der Waals surface area (Å²) >= 11 is 5.92. The number of rotatable bonds is 1.